The summed E-state index contributed by atoms with van der Waals surface area (Å²) >= 11 is 0. The molecular weight excluding hydrogens is 395 g/mol. The molecular formula is C21H20F3N5O. The van der Waals surface area contributed by atoms with E-state index < -0.39 is 11.9 Å². The Labute approximate surface area is 170 Å². The Kier molecular flexibility index (Phi) is 4.23. The zero-order chi connectivity index (χ0) is 21.0. The Balaban J connectivity index is 1.21. The number of aryl methyl sites for hydroxylation is 1. The largest absolute Gasteiger partial charge is 0.433 e. The van der Waals surface area contributed by atoms with Gasteiger partial charge in [0.2, 0.25) is 5.91 Å². The molecule has 0 aliphatic carbocycles. The van der Waals surface area contributed by atoms with Crippen molar-refractivity contribution in [1.29, 1.82) is 0 Å². The van der Waals surface area contributed by atoms with Crippen LogP contribution in [0, 0.1) is 12.8 Å². The number of pyridine rings is 2. The van der Waals surface area contributed by atoms with Crippen molar-refractivity contribution >= 4 is 17.1 Å². The van der Waals surface area contributed by atoms with E-state index in [1.807, 2.05) is 27.3 Å². The van der Waals surface area contributed by atoms with Gasteiger partial charge in [-0.05, 0) is 36.2 Å². The van der Waals surface area contributed by atoms with E-state index in [0.717, 1.165) is 22.8 Å². The van der Waals surface area contributed by atoms with Crippen LogP contribution >= 0.6 is 0 Å². The van der Waals surface area contributed by atoms with E-state index in [1.54, 1.807) is 12.4 Å². The number of anilines is 1. The highest BCUT2D eigenvalue weighted by Crippen LogP contribution is 2.34. The van der Waals surface area contributed by atoms with E-state index in [-0.39, 0.29) is 11.8 Å². The van der Waals surface area contributed by atoms with Gasteiger partial charge in [0.25, 0.3) is 0 Å². The maximum Gasteiger partial charge on any atom is 0.433 e. The van der Waals surface area contributed by atoms with Crippen molar-refractivity contribution in [2.75, 3.05) is 18.0 Å². The topological polar surface area (TPSA) is 53.7 Å². The first kappa shape index (κ1) is 18.9. The van der Waals surface area contributed by atoms with Crippen molar-refractivity contribution in [3.63, 3.8) is 0 Å². The fourth-order valence-corrected chi connectivity index (χ4v) is 4.37. The molecule has 5 rings (SSSR count). The maximum atomic E-state index is 12.9. The molecule has 0 radical (unpaired) electrons. The van der Waals surface area contributed by atoms with Crippen LogP contribution in [0.1, 0.15) is 28.9 Å². The lowest BCUT2D eigenvalue weighted by atomic mass is 9.95. The number of amides is 1. The molecule has 5 heterocycles. The van der Waals surface area contributed by atoms with Gasteiger partial charge in [-0.25, -0.2) is 4.98 Å². The van der Waals surface area contributed by atoms with Crippen LogP contribution in [0.5, 0.6) is 0 Å². The van der Waals surface area contributed by atoms with Gasteiger partial charge in [0, 0.05) is 49.6 Å². The lowest BCUT2D eigenvalue weighted by Crippen LogP contribution is -2.48. The lowest BCUT2D eigenvalue weighted by molar-refractivity contribution is -0.141. The second-order valence-electron chi connectivity index (χ2n) is 8.06. The fraction of sp³-hybridized carbons (Fsp3) is 0.381. The summed E-state index contributed by atoms with van der Waals surface area (Å²) < 4.78 is 40.6. The molecule has 0 unspecified atom stereocenters. The maximum absolute atomic E-state index is 12.9. The van der Waals surface area contributed by atoms with Crippen molar-refractivity contribution in [1.82, 2.24) is 19.3 Å². The van der Waals surface area contributed by atoms with E-state index in [4.69, 9.17) is 0 Å². The molecule has 0 atom stereocenters. The molecule has 0 aromatic carbocycles. The normalized spacial score (nSPS) is 16.8. The number of hydrogen-bond donors (Lipinski definition) is 0. The Bertz CT molecular complexity index is 1130. The summed E-state index contributed by atoms with van der Waals surface area (Å²) in [7, 11) is 0. The van der Waals surface area contributed by atoms with Gasteiger partial charge in [0.05, 0.1) is 24.6 Å². The minimum atomic E-state index is -4.46. The third kappa shape index (κ3) is 3.18. The van der Waals surface area contributed by atoms with Crippen molar-refractivity contribution in [2.24, 2.45) is 5.92 Å². The first-order valence-electron chi connectivity index (χ1n) is 9.79. The minimum Gasteiger partial charge on any atom is -0.371 e. The highest BCUT2D eigenvalue weighted by atomic mass is 19.4. The zero-order valence-corrected chi connectivity index (χ0v) is 16.4. The summed E-state index contributed by atoms with van der Waals surface area (Å²) in [4.78, 5) is 24.2. The molecule has 3 aromatic rings. The smallest absolute Gasteiger partial charge is 0.371 e. The Morgan fingerprint density at radius 1 is 1.23 bits per heavy atom. The molecule has 1 saturated heterocycles. The second kappa shape index (κ2) is 6.72. The van der Waals surface area contributed by atoms with Gasteiger partial charge in [-0.15, -0.1) is 0 Å². The second-order valence-corrected chi connectivity index (χ2v) is 8.06. The van der Waals surface area contributed by atoms with Crippen molar-refractivity contribution in [2.45, 2.75) is 32.6 Å². The first-order valence-corrected chi connectivity index (χ1v) is 9.79. The van der Waals surface area contributed by atoms with Crippen LogP contribution in [0.25, 0.3) is 5.52 Å². The molecule has 6 nitrogen and oxygen atoms in total. The molecule has 30 heavy (non-hydrogen) atoms. The molecule has 0 saturated carbocycles. The average Bonchev–Trinajstić information content (AvgIpc) is 3.30. The van der Waals surface area contributed by atoms with Crippen molar-refractivity contribution < 1.29 is 18.0 Å². The summed E-state index contributed by atoms with van der Waals surface area (Å²) in [5.74, 6) is 0.215. The number of carbonyl (C=O) groups is 1. The number of rotatable bonds is 3. The third-order valence-corrected chi connectivity index (χ3v) is 6.01. The van der Waals surface area contributed by atoms with Crippen LogP contribution in [-0.2, 0) is 24.1 Å². The minimum absolute atomic E-state index is 0.0780. The van der Waals surface area contributed by atoms with Gasteiger partial charge in [-0.3, -0.25) is 9.78 Å². The van der Waals surface area contributed by atoms with Crippen LogP contribution in [0.3, 0.4) is 0 Å². The summed E-state index contributed by atoms with van der Waals surface area (Å²) in [5, 5.41) is 0. The van der Waals surface area contributed by atoms with Crippen molar-refractivity contribution in [3.8, 4) is 0 Å². The summed E-state index contributed by atoms with van der Waals surface area (Å²) in [6.45, 7) is 4.33. The molecule has 2 aliphatic rings. The zero-order valence-electron chi connectivity index (χ0n) is 16.4. The molecule has 2 aliphatic heterocycles. The number of aromatic nitrogens is 3. The number of hydrogen-bond acceptors (Lipinski definition) is 4. The van der Waals surface area contributed by atoms with E-state index in [0.29, 0.717) is 38.3 Å². The highest BCUT2D eigenvalue weighted by molar-refractivity contribution is 5.78. The quantitative estimate of drug-likeness (QED) is 0.658. The van der Waals surface area contributed by atoms with Crippen LogP contribution in [0.2, 0.25) is 0 Å². The molecule has 3 aromatic heterocycles. The molecule has 9 heteroatoms. The van der Waals surface area contributed by atoms with Crippen LogP contribution in [-0.4, -0.2) is 38.3 Å². The third-order valence-electron chi connectivity index (χ3n) is 6.01. The number of nitrogens with zero attached hydrogens (tertiary/aromatic N) is 5. The lowest BCUT2D eigenvalue weighted by Gasteiger charge is -2.41. The molecule has 0 spiro atoms. The molecule has 0 N–H and O–H groups in total. The van der Waals surface area contributed by atoms with Gasteiger partial charge >= 0.3 is 6.18 Å². The van der Waals surface area contributed by atoms with Gasteiger partial charge in [0.1, 0.15) is 5.69 Å². The highest BCUT2D eigenvalue weighted by Gasteiger charge is 2.36. The fourth-order valence-electron chi connectivity index (χ4n) is 4.37. The monoisotopic (exact) mass is 415 g/mol. The van der Waals surface area contributed by atoms with E-state index >= 15 is 0 Å². The SMILES string of the molecule is Cc1cc2cncn2c2c1CN(C(=O)CC1CN(c3ccnc(C(F)(F)F)c3)C1)C2. The standard InChI is InChI=1S/C21H20F3N5O/c1-13-4-16-7-25-12-29(16)18-11-28(10-17(13)18)20(30)5-14-8-27(9-14)15-2-3-26-19(6-15)21(22,23)24/h2-4,6-7,12,14H,5,8-11H2,1H3. The number of carbonyl (C=O) groups excluding carboxylic acids is 1. The number of imidazole rings is 1. The number of halogens is 3. The van der Waals surface area contributed by atoms with E-state index in [2.05, 4.69) is 16.0 Å². The van der Waals surface area contributed by atoms with Crippen molar-refractivity contribution in [3.05, 3.63) is 59.4 Å². The molecule has 156 valence electrons. The average molecular weight is 415 g/mol. The number of alkyl halides is 3. The Hall–Kier alpha value is -3.10. The van der Waals surface area contributed by atoms with Gasteiger partial charge < -0.3 is 14.2 Å². The Morgan fingerprint density at radius 3 is 2.80 bits per heavy atom. The molecule has 0 bridgehead atoms. The van der Waals surface area contributed by atoms with E-state index in [1.165, 1.54) is 11.8 Å². The summed E-state index contributed by atoms with van der Waals surface area (Å²) in [5.41, 5.74) is 4.04. The molecule has 1 fully saturated rings. The van der Waals surface area contributed by atoms with Crippen LogP contribution in [0.15, 0.2) is 36.9 Å². The van der Waals surface area contributed by atoms with Crippen LogP contribution in [0.4, 0.5) is 18.9 Å². The molecule has 1 amide bonds. The van der Waals surface area contributed by atoms with Crippen LogP contribution < -0.4 is 4.90 Å². The van der Waals surface area contributed by atoms with E-state index in [9.17, 15) is 18.0 Å². The predicted octanol–water partition coefficient (Wildman–Crippen LogP) is 3.43. The van der Waals surface area contributed by atoms with Gasteiger partial charge in [0.15, 0.2) is 0 Å². The number of fused-ring (bicyclic) bond motifs is 3. The van der Waals surface area contributed by atoms with Gasteiger partial charge in [-0.2, -0.15) is 13.2 Å². The first-order chi connectivity index (χ1) is 14.3. The predicted molar refractivity (Wildman–Crippen MR) is 104 cm³/mol. The van der Waals surface area contributed by atoms with Gasteiger partial charge in [-0.1, -0.05) is 0 Å². The summed E-state index contributed by atoms with van der Waals surface area (Å²) in [6.07, 6.45) is 0.699. The Morgan fingerprint density at radius 2 is 2.03 bits per heavy atom. The summed E-state index contributed by atoms with van der Waals surface area (Å²) in [6, 6.07) is 4.71.